The molecule has 110 valence electrons. The van der Waals surface area contributed by atoms with Crippen LogP contribution in [0.2, 0.25) is 0 Å². The first-order chi connectivity index (χ1) is 9.29. The lowest BCUT2D eigenvalue weighted by Gasteiger charge is -2.23. The largest absolute Gasteiger partial charge is 0.480 e. The summed E-state index contributed by atoms with van der Waals surface area (Å²) in [5, 5.41) is 11.6. The van der Waals surface area contributed by atoms with Gasteiger partial charge in [0.15, 0.2) is 0 Å². The number of hydrogen-bond acceptors (Lipinski definition) is 2. The Hall–Kier alpha value is -1.56. The van der Waals surface area contributed by atoms with E-state index in [0.717, 1.165) is 10.0 Å². The Morgan fingerprint density at radius 1 is 1.40 bits per heavy atom. The molecule has 5 nitrogen and oxygen atoms in total. The number of halogens is 1. The summed E-state index contributed by atoms with van der Waals surface area (Å²) in [5.41, 5.74) is 1.59. The van der Waals surface area contributed by atoms with E-state index in [-0.39, 0.29) is 12.5 Å². The first kappa shape index (κ1) is 16.5. The predicted octanol–water partition coefficient (Wildman–Crippen LogP) is 3.33. The molecule has 0 radical (unpaired) electrons. The third kappa shape index (κ3) is 5.21. The van der Waals surface area contributed by atoms with Crippen molar-refractivity contribution in [2.24, 2.45) is 5.92 Å². The summed E-state index contributed by atoms with van der Waals surface area (Å²) in [6.07, 6.45) is 0. The average Bonchev–Trinajstić information content (AvgIpc) is 2.30. The zero-order chi connectivity index (χ0) is 15.3. The van der Waals surface area contributed by atoms with E-state index in [9.17, 15) is 9.59 Å². The lowest BCUT2D eigenvalue weighted by Crippen LogP contribution is -2.41. The van der Waals surface area contributed by atoms with E-state index in [0.29, 0.717) is 12.2 Å². The smallest absolute Gasteiger partial charge is 0.323 e. The third-order valence-corrected chi connectivity index (χ3v) is 3.12. The Morgan fingerprint density at radius 3 is 2.55 bits per heavy atom. The van der Waals surface area contributed by atoms with Crippen LogP contribution in [0.1, 0.15) is 19.4 Å². The number of carbonyl (C=O) groups excluding carboxylic acids is 1. The molecule has 20 heavy (non-hydrogen) atoms. The Labute approximate surface area is 127 Å². The van der Waals surface area contributed by atoms with E-state index >= 15 is 0 Å². The van der Waals surface area contributed by atoms with Crippen molar-refractivity contribution in [3.63, 3.8) is 0 Å². The number of rotatable bonds is 5. The summed E-state index contributed by atoms with van der Waals surface area (Å²) in [6.45, 7) is 5.84. The topological polar surface area (TPSA) is 69.6 Å². The van der Waals surface area contributed by atoms with Crippen molar-refractivity contribution in [2.45, 2.75) is 20.8 Å². The number of nitrogens with zero attached hydrogens (tertiary/aromatic N) is 1. The van der Waals surface area contributed by atoms with Crippen molar-refractivity contribution >= 4 is 33.6 Å². The molecule has 1 aromatic carbocycles. The van der Waals surface area contributed by atoms with Crippen molar-refractivity contribution in [3.8, 4) is 0 Å². The molecule has 0 aliphatic carbocycles. The molecule has 0 heterocycles. The predicted molar refractivity (Wildman–Crippen MR) is 81.9 cm³/mol. The minimum Gasteiger partial charge on any atom is -0.480 e. The fraction of sp³-hybridized carbons (Fsp3) is 0.429. The van der Waals surface area contributed by atoms with Crippen LogP contribution < -0.4 is 5.32 Å². The number of carboxylic acid groups (broad SMARTS) is 1. The lowest BCUT2D eigenvalue weighted by molar-refractivity contribution is -0.137. The van der Waals surface area contributed by atoms with Crippen LogP contribution in [0.25, 0.3) is 0 Å². The Kier molecular flexibility index (Phi) is 6.01. The number of anilines is 1. The molecular formula is C14H19BrN2O3. The van der Waals surface area contributed by atoms with Gasteiger partial charge in [0.1, 0.15) is 6.54 Å². The highest BCUT2D eigenvalue weighted by Crippen LogP contribution is 2.20. The highest BCUT2D eigenvalue weighted by Gasteiger charge is 2.18. The van der Waals surface area contributed by atoms with Gasteiger partial charge in [-0.1, -0.05) is 29.8 Å². The fourth-order valence-corrected chi connectivity index (χ4v) is 2.26. The molecule has 1 aromatic rings. The molecule has 0 saturated carbocycles. The number of aliphatic carboxylic acids is 1. The molecule has 0 fully saturated rings. The maximum Gasteiger partial charge on any atom is 0.323 e. The fourth-order valence-electron chi connectivity index (χ4n) is 1.78. The number of urea groups is 1. The molecule has 0 saturated heterocycles. The Bertz CT molecular complexity index is 503. The maximum absolute atomic E-state index is 12.2. The van der Waals surface area contributed by atoms with Crippen LogP contribution in [0.3, 0.4) is 0 Å². The van der Waals surface area contributed by atoms with Crippen LogP contribution in [-0.2, 0) is 4.79 Å². The summed E-state index contributed by atoms with van der Waals surface area (Å²) in [5.74, 6) is -0.820. The number of benzene rings is 1. The van der Waals surface area contributed by atoms with Gasteiger partial charge in [0, 0.05) is 16.7 Å². The Balaban J connectivity index is 2.81. The number of carboxylic acids is 1. The molecule has 0 aliphatic rings. The van der Waals surface area contributed by atoms with Crippen LogP contribution in [0.15, 0.2) is 22.7 Å². The van der Waals surface area contributed by atoms with Gasteiger partial charge in [-0.15, -0.1) is 0 Å². The summed E-state index contributed by atoms with van der Waals surface area (Å²) in [7, 11) is 0. The van der Waals surface area contributed by atoms with Gasteiger partial charge in [-0.25, -0.2) is 4.79 Å². The number of nitrogens with one attached hydrogen (secondary N) is 1. The van der Waals surface area contributed by atoms with E-state index in [1.807, 2.05) is 32.9 Å². The minimum absolute atomic E-state index is 0.200. The molecule has 0 atom stereocenters. The summed E-state index contributed by atoms with van der Waals surface area (Å²) >= 11 is 3.36. The van der Waals surface area contributed by atoms with Gasteiger partial charge in [-0.05, 0) is 36.6 Å². The van der Waals surface area contributed by atoms with Gasteiger partial charge in [0.05, 0.1) is 0 Å². The molecule has 0 unspecified atom stereocenters. The van der Waals surface area contributed by atoms with Crippen LogP contribution in [0.5, 0.6) is 0 Å². The molecular weight excluding hydrogens is 324 g/mol. The van der Waals surface area contributed by atoms with E-state index in [1.165, 1.54) is 4.90 Å². The van der Waals surface area contributed by atoms with Crippen molar-refractivity contribution in [1.29, 1.82) is 0 Å². The van der Waals surface area contributed by atoms with Gasteiger partial charge in [-0.2, -0.15) is 0 Å². The van der Waals surface area contributed by atoms with Crippen LogP contribution in [-0.4, -0.2) is 35.1 Å². The highest BCUT2D eigenvalue weighted by molar-refractivity contribution is 9.10. The molecule has 2 amide bonds. The quantitative estimate of drug-likeness (QED) is 0.862. The normalized spacial score (nSPS) is 10.4. The van der Waals surface area contributed by atoms with Crippen molar-refractivity contribution in [1.82, 2.24) is 4.90 Å². The SMILES string of the molecule is Cc1cc(Br)ccc1NC(=O)N(CC(=O)O)CC(C)C. The van der Waals surface area contributed by atoms with Crippen molar-refractivity contribution in [2.75, 3.05) is 18.4 Å². The molecule has 6 heteroatoms. The first-order valence-corrected chi connectivity index (χ1v) is 7.12. The molecule has 0 aromatic heterocycles. The zero-order valence-corrected chi connectivity index (χ0v) is 13.4. The number of amides is 2. The molecule has 2 N–H and O–H groups in total. The molecule has 0 spiro atoms. The van der Waals surface area contributed by atoms with Crippen molar-refractivity contribution in [3.05, 3.63) is 28.2 Å². The average molecular weight is 343 g/mol. The second kappa shape index (κ2) is 7.28. The summed E-state index contributed by atoms with van der Waals surface area (Å²) in [6, 6.07) is 5.10. The van der Waals surface area contributed by atoms with Gasteiger partial charge in [0.2, 0.25) is 0 Å². The van der Waals surface area contributed by atoms with Gasteiger partial charge in [-0.3, -0.25) is 4.79 Å². The maximum atomic E-state index is 12.2. The molecule has 1 rings (SSSR count). The minimum atomic E-state index is -1.02. The van der Waals surface area contributed by atoms with E-state index in [1.54, 1.807) is 6.07 Å². The van der Waals surface area contributed by atoms with Gasteiger partial charge in [0.25, 0.3) is 0 Å². The summed E-state index contributed by atoms with van der Waals surface area (Å²) in [4.78, 5) is 24.3. The van der Waals surface area contributed by atoms with Gasteiger partial charge >= 0.3 is 12.0 Å². The van der Waals surface area contributed by atoms with Crippen molar-refractivity contribution < 1.29 is 14.7 Å². The zero-order valence-electron chi connectivity index (χ0n) is 11.8. The van der Waals surface area contributed by atoms with E-state index in [2.05, 4.69) is 21.2 Å². The van der Waals surface area contributed by atoms with Crippen LogP contribution >= 0.6 is 15.9 Å². The van der Waals surface area contributed by atoms with E-state index in [4.69, 9.17) is 5.11 Å². The highest BCUT2D eigenvalue weighted by atomic mass is 79.9. The lowest BCUT2D eigenvalue weighted by atomic mass is 10.2. The second-order valence-corrected chi connectivity index (χ2v) is 5.97. The Morgan fingerprint density at radius 2 is 2.05 bits per heavy atom. The number of aryl methyl sites for hydroxylation is 1. The number of hydrogen-bond donors (Lipinski definition) is 2. The van der Waals surface area contributed by atoms with Crippen LogP contribution in [0, 0.1) is 12.8 Å². The monoisotopic (exact) mass is 342 g/mol. The third-order valence-electron chi connectivity index (χ3n) is 2.63. The summed E-state index contributed by atoms with van der Waals surface area (Å²) < 4.78 is 0.928. The molecule has 0 bridgehead atoms. The standard InChI is InChI=1S/C14H19BrN2O3/c1-9(2)7-17(8-13(18)19)14(20)16-12-5-4-11(15)6-10(12)3/h4-6,9H,7-8H2,1-3H3,(H,16,20)(H,18,19). The van der Waals surface area contributed by atoms with Gasteiger partial charge < -0.3 is 15.3 Å². The second-order valence-electron chi connectivity index (χ2n) is 5.06. The molecule has 0 aliphatic heterocycles. The first-order valence-electron chi connectivity index (χ1n) is 6.33. The number of carbonyl (C=O) groups is 2. The van der Waals surface area contributed by atoms with Crippen LogP contribution in [0.4, 0.5) is 10.5 Å². The van der Waals surface area contributed by atoms with E-state index < -0.39 is 12.0 Å².